The smallest absolute Gasteiger partial charge is 0.305 e. The van der Waals surface area contributed by atoms with Crippen LogP contribution in [0.2, 0.25) is 0 Å². The highest BCUT2D eigenvalue weighted by atomic mass is 16.5. The van der Waals surface area contributed by atoms with Crippen LogP contribution in [-0.4, -0.2) is 32.1 Å². The first-order valence-corrected chi connectivity index (χ1v) is 6.71. The standard InChI is InChI=1S/C15H20O5/c1-3-18-13-8-12(11-16)9-14(10-13)20-7-5-6-15(17)19-4-2/h8-11H,3-7H2,1-2H3. The van der Waals surface area contributed by atoms with E-state index in [9.17, 15) is 9.59 Å². The summed E-state index contributed by atoms with van der Waals surface area (Å²) in [5.41, 5.74) is 0.497. The minimum absolute atomic E-state index is 0.229. The van der Waals surface area contributed by atoms with Crippen molar-refractivity contribution in [3.63, 3.8) is 0 Å². The number of hydrogen-bond acceptors (Lipinski definition) is 5. The predicted molar refractivity (Wildman–Crippen MR) is 74.4 cm³/mol. The molecule has 0 aliphatic heterocycles. The van der Waals surface area contributed by atoms with Gasteiger partial charge in [-0.15, -0.1) is 0 Å². The highest BCUT2D eigenvalue weighted by Crippen LogP contribution is 2.22. The molecule has 0 radical (unpaired) electrons. The van der Waals surface area contributed by atoms with Crippen molar-refractivity contribution in [1.82, 2.24) is 0 Å². The van der Waals surface area contributed by atoms with Crippen LogP contribution in [0.1, 0.15) is 37.0 Å². The van der Waals surface area contributed by atoms with Gasteiger partial charge in [0.25, 0.3) is 0 Å². The second-order valence-corrected chi connectivity index (χ2v) is 4.05. The molecule has 1 aromatic rings. The number of hydrogen-bond donors (Lipinski definition) is 0. The Hall–Kier alpha value is -2.04. The third kappa shape index (κ3) is 5.73. The summed E-state index contributed by atoms with van der Waals surface area (Å²) >= 11 is 0. The molecule has 0 atom stereocenters. The summed E-state index contributed by atoms with van der Waals surface area (Å²) in [4.78, 5) is 22.0. The summed E-state index contributed by atoms with van der Waals surface area (Å²) in [6.07, 6.45) is 1.63. The zero-order valence-electron chi connectivity index (χ0n) is 11.9. The number of esters is 1. The number of carbonyl (C=O) groups is 2. The molecule has 20 heavy (non-hydrogen) atoms. The lowest BCUT2D eigenvalue weighted by Crippen LogP contribution is -2.07. The fourth-order valence-electron chi connectivity index (χ4n) is 1.63. The van der Waals surface area contributed by atoms with E-state index in [4.69, 9.17) is 14.2 Å². The van der Waals surface area contributed by atoms with Crippen molar-refractivity contribution >= 4 is 12.3 Å². The summed E-state index contributed by atoms with van der Waals surface area (Å²) in [7, 11) is 0. The lowest BCUT2D eigenvalue weighted by Gasteiger charge is -2.09. The van der Waals surface area contributed by atoms with E-state index in [0.29, 0.717) is 49.7 Å². The lowest BCUT2D eigenvalue weighted by molar-refractivity contribution is -0.143. The van der Waals surface area contributed by atoms with Crippen LogP contribution in [0.5, 0.6) is 11.5 Å². The Balaban J connectivity index is 2.48. The van der Waals surface area contributed by atoms with Gasteiger partial charge < -0.3 is 14.2 Å². The molecule has 0 heterocycles. The number of ether oxygens (including phenoxy) is 3. The molecule has 0 spiro atoms. The van der Waals surface area contributed by atoms with Gasteiger partial charge in [-0.25, -0.2) is 0 Å². The number of benzene rings is 1. The summed E-state index contributed by atoms with van der Waals surface area (Å²) in [6, 6.07) is 5.02. The van der Waals surface area contributed by atoms with Gasteiger partial charge in [0.05, 0.1) is 19.8 Å². The van der Waals surface area contributed by atoms with Crippen molar-refractivity contribution < 1.29 is 23.8 Å². The van der Waals surface area contributed by atoms with Gasteiger partial charge >= 0.3 is 5.97 Å². The molecule has 0 saturated carbocycles. The fourth-order valence-corrected chi connectivity index (χ4v) is 1.63. The Morgan fingerprint density at radius 1 is 1.10 bits per heavy atom. The zero-order valence-corrected chi connectivity index (χ0v) is 11.9. The molecular weight excluding hydrogens is 260 g/mol. The highest BCUT2D eigenvalue weighted by Gasteiger charge is 2.04. The molecule has 0 fully saturated rings. The van der Waals surface area contributed by atoms with E-state index in [-0.39, 0.29) is 5.97 Å². The predicted octanol–water partition coefficient (Wildman–Crippen LogP) is 2.62. The molecule has 1 aromatic carbocycles. The van der Waals surface area contributed by atoms with E-state index in [1.54, 1.807) is 25.1 Å². The van der Waals surface area contributed by atoms with Gasteiger partial charge in [0.2, 0.25) is 0 Å². The largest absolute Gasteiger partial charge is 0.494 e. The van der Waals surface area contributed by atoms with Gasteiger partial charge in [0, 0.05) is 18.1 Å². The van der Waals surface area contributed by atoms with Crippen molar-refractivity contribution in [2.75, 3.05) is 19.8 Å². The first-order valence-electron chi connectivity index (χ1n) is 6.71. The normalized spacial score (nSPS) is 9.90. The Bertz CT molecular complexity index is 442. The van der Waals surface area contributed by atoms with Crippen LogP contribution in [0.15, 0.2) is 18.2 Å². The van der Waals surface area contributed by atoms with Crippen LogP contribution in [-0.2, 0) is 9.53 Å². The minimum atomic E-state index is -0.229. The van der Waals surface area contributed by atoms with Crippen LogP contribution in [0.4, 0.5) is 0 Å². The lowest BCUT2D eigenvalue weighted by atomic mass is 10.2. The van der Waals surface area contributed by atoms with Gasteiger partial charge in [-0.05, 0) is 32.4 Å². The maximum Gasteiger partial charge on any atom is 0.305 e. The van der Waals surface area contributed by atoms with Crippen molar-refractivity contribution in [2.24, 2.45) is 0 Å². The molecule has 0 aromatic heterocycles. The second-order valence-electron chi connectivity index (χ2n) is 4.05. The van der Waals surface area contributed by atoms with E-state index in [2.05, 4.69) is 0 Å². The quantitative estimate of drug-likeness (QED) is 0.395. The molecular formula is C15H20O5. The van der Waals surface area contributed by atoms with Crippen molar-refractivity contribution in [3.05, 3.63) is 23.8 Å². The summed E-state index contributed by atoms with van der Waals surface area (Å²) in [5, 5.41) is 0. The van der Waals surface area contributed by atoms with Gasteiger partial charge in [-0.2, -0.15) is 0 Å². The molecule has 5 heteroatoms. The van der Waals surface area contributed by atoms with E-state index < -0.39 is 0 Å². The van der Waals surface area contributed by atoms with E-state index in [1.165, 1.54) is 0 Å². The Morgan fingerprint density at radius 3 is 2.40 bits per heavy atom. The van der Waals surface area contributed by atoms with Gasteiger partial charge in [0.15, 0.2) is 0 Å². The van der Waals surface area contributed by atoms with E-state index in [1.807, 2.05) is 6.92 Å². The third-order valence-electron chi connectivity index (χ3n) is 2.45. The number of aldehydes is 1. The summed E-state index contributed by atoms with van der Waals surface area (Å²) in [6.45, 7) is 4.93. The minimum Gasteiger partial charge on any atom is -0.494 e. The number of rotatable bonds is 9. The molecule has 0 bridgehead atoms. The average molecular weight is 280 g/mol. The summed E-state index contributed by atoms with van der Waals surface area (Å²) in [5.74, 6) is 0.923. The summed E-state index contributed by atoms with van der Waals surface area (Å²) < 4.78 is 15.7. The monoisotopic (exact) mass is 280 g/mol. The third-order valence-corrected chi connectivity index (χ3v) is 2.45. The molecule has 0 saturated heterocycles. The first-order chi connectivity index (χ1) is 9.69. The molecule has 1 rings (SSSR count). The molecule has 0 aliphatic carbocycles. The van der Waals surface area contributed by atoms with Crippen molar-refractivity contribution in [3.8, 4) is 11.5 Å². The Labute approximate surface area is 118 Å². The van der Waals surface area contributed by atoms with Crippen LogP contribution in [0.25, 0.3) is 0 Å². The Kier molecular flexibility index (Phi) is 7.17. The molecule has 0 amide bonds. The zero-order chi connectivity index (χ0) is 14.8. The average Bonchev–Trinajstić information content (AvgIpc) is 2.44. The van der Waals surface area contributed by atoms with Crippen molar-refractivity contribution in [1.29, 1.82) is 0 Å². The van der Waals surface area contributed by atoms with Gasteiger partial charge in [-0.1, -0.05) is 0 Å². The fraction of sp³-hybridized carbons (Fsp3) is 0.467. The van der Waals surface area contributed by atoms with Gasteiger partial charge in [-0.3, -0.25) is 9.59 Å². The molecule has 110 valence electrons. The first kappa shape index (κ1) is 16.0. The van der Waals surface area contributed by atoms with Gasteiger partial charge in [0.1, 0.15) is 17.8 Å². The molecule has 0 aliphatic rings. The van der Waals surface area contributed by atoms with Crippen LogP contribution in [0.3, 0.4) is 0 Å². The maximum absolute atomic E-state index is 11.2. The second kappa shape index (κ2) is 8.96. The van der Waals surface area contributed by atoms with Crippen LogP contribution < -0.4 is 9.47 Å². The van der Waals surface area contributed by atoms with Crippen LogP contribution in [0, 0.1) is 0 Å². The van der Waals surface area contributed by atoms with Crippen molar-refractivity contribution in [2.45, 2.75) is 26.7 Å². The number of carbonyl (C=O) groups excluding carboxylic acids is 2. The molecule has 0 N–H and O–H groups in total. The Morgan fingerprint density at radius 2 is 1.80 bits per heavy atom. The van der Waals surface area contributed by atoms with E-state index in [0.717, 1.165) is 6.29 Å². The maximum atomic E-state index is 11.2. The van der Waals surface area contributed by atoms with Crippen LogP contribution >= 0.6 is 0 Å². The molecule has 0 unspecified atom stereocenters. The van der Waals surface area contributed by atoms with E-state index >= 15 is 0 Å². The topological polar surface area (TPSA) is 61.8 Å². The highest BCUT2D eigenvalue weighted by molar-refractivity contribution is 5.76. The molecule has 5 nitrogen and oxygen atoms in total. The SMILES string of the molecule is CCOC(=O)CCCOc1cc(C=O)cc(OCC)c1.